The lowest BCUT2D eigenvalue weighted by Crippen LogP contribution is -2.23. The van der Waals surface area contributed by atoms with Crippen LogP contribution >= 0.6 is 11.8 Å². The first-order chi connectivity index (χ1) is 11.9. The molecular formula is C18H13FN2O3S. The number of amides is 1. The third-order valence-corrected chi connectivity index (χ3v) is 4.55. The summed E-state index contributed by atoms with van der Waals surface area (Å²) in [5.41, 5.74) is 1.28. The van der Waals surface area contributed by atoms with Crippen molar-refractivity contribution in [1.29, 1.82) is 0 Å². The molecular weight excluding hydrogens is 343 g/mol. The fourth-order valence-corrected chi connectivity index (χ4v) is 3.17. The van der Waals surface area contributed by atoms with Crippen LogP contribution in [0.15, 0.2) is 58.4 Å². The number of hydrogen-bond acceptors (Lipinski definition) is 4. The van der Waals surface area contributed by atoms with E-state index in [9.17, 15) is 14.0 Å². The number of nitrogens with zero attached hydrogens (tertiary/aromatic N) is 2. The molecule has 1 fully saturated rings. The van der Waals surface area contributed by atoms with Gasteiger partial charge in [0.1, 0.15) is 5.82 Å². The van der Waals surface area contributed by atoms with Gasteiger partial charge >= 0.3 is 5.97 Å². The van der Waals surface area contributed by atoms with E-state index >= 15 is 0 Å². The maximum absolute atomic E-state index is 13.0. The highest BCUT2D eigenvalue weighted by Crippen LogP contribution is 2.33. The molecule has 1 aliphatic rings. The van der Waals surface area contributed by atoms with Crippen molar-refractivity contribution < 1.29 is 19.1 Å². The third-order valence-electron chi connectivity index (χ3n) is 3.49. The Morgan fingerprint density at radius 1 is 1.24 bits per heavy atom. The Kier molecular flexibility index (Phi) is 4.67. The molecule has 1 saturated heterocycles. The molecule has 0 atom stereocenters. The van der Waals surface area contributed by atoms with Crippen molar-refractivity contribution >= 4 is 40.6 Å². The molecule has 0 bridgehead atoms. The molecule has 1 amide bonds. The topological polar surface area (TPSA) is 70.0 Å². The summed E-state index contributed by atoms with van der Waals surface area (Å²) >= 11 is 1.18. The number of carbonyl (C=O) groups is 2. The van der Waals surface area contributed by atoms with Gasteiger partial charge in [0, 0.05) is 7.05 Å². The number of aliphatic imine (C=N–C) groups is 1. The maximum atomic E-state index is 13.0. The molecule has 1 heterocycles. The Labute approximate surface area is 147 Å². The lowest BCUT2D eigenvalue weighted by Gasteiger charge is -2.07. The van der Waals surface area contributed by atoms with Crippen LogP contribution in [0.3, 0.4) is 0 Å². The molecule has 1 aliphatic heterocycles. The van der Waals surface area contributed by atoms with E-state index < -0.39 is 5.97 Å². The van der Waals surface area contributed by atoms with E-state index in [-0.39, 0.29) is 17.3 Å². The van der Waals surface area contributed by atoms with E-state index in [0.717, 1.165) is 0 Å². The first kappa shape index (κ1) is 16.9. The molecule has 25 heavy (non-hydrogen) atoms. The van der Waals surface area contributed by atoms with Gasteiger partial charge in [0.25, 0.3) is 5.91 Å². The highest BCUT2D eigenvalue weighted by Gasteiger charge is 2.30. The summed E-state index contributed by atoms with van der Waals surface area (Å²) in [6, 6.07) is 12.0. The zero-order chi connectivity index (χ0) is 18.0. The summed E-state index contributed by atoms with van der Waals surface area (Å²) in [6.45, 7) is 0. The van der Waals surface area contributed by atoms with Gasteiger partial charge < -0.3 is 5.11 Å². The van der Waals surface area contributed by atoms with Crippen molar-refractivity contribution in [1.82, 2.24) is 4.90 Å². The molecule has 0 aliphatic carbocycles. The molecule has 1 N–H and O–H groups in total. The highest BCUT2D eigenvalue weighted by atomic mass is 32.2. The lowest BCUT2D eigenvalue weighted by atomic mass is 10.2. The number of carboxylic acid groups (broad SMARTS) is 1. The zero-order valence-electron chi connectivity index (χ0n) is 13.1. The maximum Gasteiger partial charge on any atom is 0.335 e. The fraction of sp³-hybridized carbons (Fsp3) is 0.0556. The van der Waals surface area contributed by atoms with Gasteiger partial charge in [-0.1, -0.05) is 18.2 Å². The largest absolute Gasteiger partial charge is 0.478 e. The van der Waals surface area contributed by atoms with Crippen molar-refractivity contribution in [3.8, 4) is 0 Å². The number of likely N-dealkylation sites (N-methyl/N-ethyl adjacent to an activating group) is 1. The SMILES string of the molecule is CN1C(=O)/C(=C\c2ccc(F)cc2)SC1=Nc1cccc(C(=O)O)c1. The summed E-state index contributed by atoms with van der Waals surface area (Å²) in [7, 11) is 1.60. The molecule has 0 radical (unpaired) electrons. The van der Waals surface area contributed by atoms with Gasteiger partial charge in [-0.15, -0.1) is 0 Å². The number of benzene rings is 2. The van der Waals surface area contributed by atoms with Gasteiger partial charge in [-0.3, -0.25) is 9.69 Å². The minimum absolute atomic E-state index is 0.126. The number of carboxylic acids is 1. The van der Waals surface area contributed by atoms with Crippen molar-refractivity contribution in [2.24, 2.45) is 4.99 Å². The number of rotatable bonds is 3. The van der Waals surface area contributed by atoms with Gasteiger partial charge in [-0.2, -0.15) is 0 Å². The molecule has 0 unspecified atom stereocenters. The second kappa shape index (κ2) is 6.90. The van der Waals surface area contributed by atoms with E-state index in [4.69, 9.17) is 5.11 Å². The Bertz CT molecular complexity index is 907. The van der Waals surface area contributed by atoms with Gasteiger partial charge in [-0.05, 0) is 53.7 Å². The summed E-state index contributed by atoms with van der Waals surface area (Å²) in [5.74, 6) is -1.60. The van der Waals surface area contributed by atoms with Crippen LogP contribution in [0.25, 0.3) is 6.08 Å². The summed E-state index contributed by atoms with van der Waals surface area (Å²) in [5, 5.41) is 9.48. The number of halogens is 1. The first-order valence-electron chi connectivity index (χ1n) is 7.29. The second-order valence-electron chi connectivity index (χ2n) is 5.28. The normalized spacial score (nSPS) is 17.5. The molecule has 5 nitrogen and oxygen atoms in total. The average molecular weight is 356 g/mol. The minimum Gasteiger partial charge on any atom is -0.478 e. The van der Waals surface area contributed by atoms with Crippen LogP contribution in [0.4, 0.5) is 10.1 Å². The average Bonchev–Trinajstić information content (AvgIpc) is 2.85. The number of hydrogen-bond donors (Lipinski definition) is 1. The number of amidine groups is 1. The number of aromatic carboxylic acids is 1. The summed E-state index contributed by atoms with van der Waals surface area (Å²) < 4.78 is 13.0. The Morgan fingerprint density at radius 3 is 2.64 bits per heavy atom. The van der Waals surface area contributed by atoms with Crippen LogP contribution in [-0.4, -0.2) is 34.1 Å². The molecule has 0 aromatic heterocycles. The summed E-state index contributed by atoms with van der Waals surface area (Å²) in [6.07, 6.45) is 1.67. The van der Waals surface area contributed by atoms with Crippen LogP contribution in [-0.2, 0) is 4.79 Å². The molecule has 7 heteroatoms. The van der Waals surface area contributed by atoms with Crippen molar-refractivity contribution in [2.45, 2.75) is 0 Å². The number of thioether (sulfide) groups is 1. The van der Waals surface area contributed by atoms with E-state index in [1.165, 1.54) is 40.9 Å². The smallest absolute Gasteiger partial charge is 0.335 e. The van der Waals surface area contributed by atoms with Crippen LogP contribution in [0.1, 0.15) is 15.9 Å². The van der Waals surface area contributed by atoms with Crippen molar-refractivity contribution in [3.05, 3.63) is 70.4 Å². The predicted molar refractivity (Wildman–Crippen MR) is 95.2 cm³/mol. The van der Waals surface area contributed by atoms with E-state index in [1.807, 2.05) is 0 Å². The Balaban J connectivity index is 1.89. The first-order valence-corrected chi connectivity index (χ1v) is 8.11. The Morgan fingerprint density at radius 2 is 1.96 bits per heavy atom. The predicted octanol–water partition coefficient (Wildman–Crippen LogP) is 3.76. The van der Waals surface area contributed by atoms with E-state index in [2.05, 4.69) is 4.99 Å². The van der Waals surface area contributed by atoms with Gasteiger partial charge in [0.05, 0.1) is 16.2 Å². The van der Waals surface area contributed by atoms with Gasteiger partial charge in [0.2, 0.25) is 0 Å². The van der Waals surface area contributed by atoms with E-state index in [1.54, 1.807) is 37.4 Å². The van der Waals surface area contributed by atoms with Crippen molar-refractivity contribution in [3.63, 3.8) is 0 Å². The molecule has 2 aromatic rings. The van der Waals surface area contributed by atoms with Crippen molar-refractivity contribution in [2.75, 3.05) is 7.05 Å². The molecule has 3 rings (SSSR count). The molecule has 0 spiro atoms. The van der Waals surface area contributed by atoms with Crippen LogP contribution in [0.5, 0.6) is 0 Å². The zero-order valence-corrected chi connectivity index (χ0v) is 14.0. The second-order valence-corrected chi connectivity index (χ2v) is 6.29. The number of carbonyl (C=O) groups excluding carboxylic acids is 1. The van der Waals surface area contributed by atoms with Gasteiger partial charge in [0.15, 0.2) is 5.17 Å². The highest BCUT2D eigenvalue weighted by molar-refractivity contribution is 8.18. The standard InChI is InChI=1S/C18H13FN2O3S/c1-21-16(22)15(9-11-5-7-13(19)8-6-11)25-18(21)20-14-4-2-3-12(10-14)17(23)24/h2-10H,1H3,(H,23,24)/b15-9+,20-18?. The quantitative estimate of drug-likeness (QED) is 0.850. The van der Waals surface area contributed by atoms with Crippen LogP contribution in [0, 0.1) is 5.82 Å². The minimum atomic E-state index is -1.04. The third kappa shape index (κ3) is 3.77. The fourth-order valence-electron chi connectivity index (χ4n) is 2.18. The lowest BCUT2D eigenvalue weighted by molar-refractivity contribution is -0.121. The van der Waals surface area contributed by atoms with Gasteiger partial charge in [-0.25, -0.2) is 14.2 Å². The van der Waals surface area contributed by atoms with Crippen LogP contribution < -0.4 is 0 Å². The Hall–Kier alpha value is -2.93. The summed E-state index contributed by atoms with van der Waals surface area (Å²) in [4.78, 5) is 29.6. The molecule has 126 valence electrons. The molecule has 2 aromatic carbocycles. The molecule has 0 saturated carbocycles. The monoisotopic (exact) mass is 356 g/mol. The van der Waals surface area contributed by atoms with E-state index in [0.29, 0.717) is 21.3 Å². The van der Waals surface area contributed by atoms with Crippen LogP contribution in [0.2, 0.25) is 0 Å².